The highest BCUT2D eigenvalue weighted by atomic mass is 16.5. The molecule has 4 heteroatoms. The zero-order valence-corrected chi connectivity index (χ0v) is 11.8. The highest BCUT2D eigenvalue weighted by molar-refractivity contribution is 5.78. The molecule has 104 valence electrons. The number of hydrogen-bond donors (Lipinski definition) is 1. The summed E-state index contributed by atoms with van der Waals surface area (Å²) in [5.41, 5.74) is 5.93. The van der Waals surface area contributed by atoms with Crippen LogP contribution >= 0.6 is 0 Å². The molecule has 0 aromatic carbocycles. The van der Waals surface area contributed by atoms with Gasteiger partial charge < -0.3 is 15.4 Å². The van der Waals surface area contributed by atoms with Crippen LogP contribution in [-0.4, -0.2) is 43.2 Å². The van der Waals surface area contributed by atoms with Gasteiger partial charge in [0.05, 0.1) is 19.3 Å². The van der Waals surface area contributed by atoms with Crippen molar-refractivity contribution in [2.45, 2.75) is 57.6 Å². The van der Waals surface area contributed by atoms with Gasteiger partial charge in [0.2, 0.25) is 0 Å². The van der Waals surface area contributed by atoms with Gasteiger partial charge >= 0.3 is 0 Å². The predicted octanol–water partition coefficient (Wildman–Crippen LogP) is 1.99. The normalized spacial score (nSPS) is 29.3. The Morgan fingerprint density at radius 2 is 2.00 bits per heavy atom. The Bertz CT molecular complexity index is 289. The van der Waals surface area contributed by atoms with E-state index in [4.69, 9.17) is 10.5 Å². The fourth-order valence-corrected chi connectivity index (χ4v) is 2.65. The van der Waals surface area contributed by atoms with Crippen molar-refractivity contribution in [1.29, 1.82) is 0 Å². The van der Waals surface area contributed by atoms with Crippen LogP contribution in [-0.2, 0) is 4.74 Å². The summed E-state index contributed by atoms with van der Waals surface area (Å²) in [5.74, 6) is 1.37. The van der Waals surface area contributed by atoms with Crippen LogP contribution in [0.2, 0.25) is 0 Å². The molecule has 4 nitrogen and oxygen atoms in total. The molecular weight excluding hydrogens is 226 g/mol. The summed E-state index contributed by atoms with van der Waals surface area (Å²) in [6.45, 7) is 3.68. The minimum Gasteiger partial charge on any atom is -0.376 e. The van der Waals surface area contributed by atoms with Crippen molar-refractivity contribution in [2.24, 2.45) is 16.6 Å². The molecule has 18 heavy (non-hydrogen) atoms. The van der Waals surface area contributed by atoms with Gasteiger partial charge in [-0.1, -0.05) is 19.8 Å². The first-order valence-corrected chi connectivity index (χ1v) is 7.33. The fraction of sp³-hybridized carbons (Fsp3) is 0.929. The van der Waals surface area contributed by atoms with E-state index in [0.717, 1.165) is 0 Å². The lowest BCUT2D eigenvalue weighted by molar-refractivity contribution is -0.000697. The van der Waals surface area contributed by atoms with Crippen LogP contribution in [0, 0.1) is 5.92 Å². The summed E-state index contributed by atoms with van der Waals surface area (Å²) < 4.78 is 5.92. The van der Waals surface area contributed by atoms with Gasteiger partial charge in [0.1, 0.15) is 0 Å². The van der Waals surface area contributed by atoms with Crippen molar-refractivity contribution in [1.82, 2.24) is 4.90 Å². The first-order valence-electron chi connectivity index (χ1n) is 7.33. The molecule has 0 amide bonds. The SMILES string of the molecule is C[C@@H]1CCCC[C@H]1OCCN=C(N)N(C)C1CC1. The van der Waals surface area contributed by atoms with E-state index >= 15 is 0 Å². The average Bonchev–Trinajstić information content (AvgIpc) is 3.19. The first kappa shape index (κ1) is 13.7. The lowest BCUT2D eigenvalue weighted by Gasteiger charge is -2.28. The minimum atomic E-state index is 0.441. The van der Waals surface area contributed by atoms with Crippen LogP contribution in [0.4, 0.5) is 0 Å². The molecule has 0 aromatic rings. The molecule has 0 saturated heterocycles. The van der Waals surface area contributed by atoms with E-state index in [-0.39, 0.29) is 0 Å². The monoisotopic (exact) mass is 253 g/mol. The molecular formula is C14H27N3O. The lowest BCUT2D eigenvalue weighted by Crippen LogP contribution is -2.36. The molecule has 0 spiro atoms. The zero-order valence-electron chi connectivity index (χ0n) is 11.8. The maximum atomic E-state index is 5.93. The maximum absolute atomic E-state index is 5.93. The highest BCUT2D eigenvalue weighted by Gasteiger charge is 2.27. The Kier molecular flexibility index (Phi) is 4.87. The molecule has 0 unspecified atom stereocenters. The van der Waals surface area contributed by atoms with Gasteiger partial charge in [0, 0.05) is 13.1 Å². The third-order valence-corrected chi connectivity index (χ3v) is 4.19. The van der Waals surface area contributed by atoms with Gasteiger partial charge in [-0.05, 0) is 31.6 Å². The van der Waals surface area contributed by atoms with Crippen LogP contribution < -0.4 is 5.73 Å². The predicted molar refractivity (Wildman–Crippen MR) is 74.6 cm³/mol. The molecule has 2 saturated carbocycles. The third kappa shape index (κ3) is 3.87. The van der Waals surface area contributed by atoms with Gasteiger partial charge in [-0.2, -0.15) is 0 Å². The number of rotatable bonds is 5. The second-order valence-electron chi connectivity index (χ2n) is 5.75. The largest absolute Gasteiger partial charge is 0.376 e. The molecule has 0 aliphatic heterocycles. The summed E-state index contributed by atoms with van der Waals surface area (Å²) in [6.07, 6.45) is 8.13. The first-order chi connectivity index (χ1) is 8.68. The van der Waals surface area contributed by atoms with Crippen LogP contribution in [0.25, 0.3) is 0 Å². The molecule has 0 radical (unpaired) electrons. The van der Waals surface area contributed by atoms with Gasteiger partial charge in [0.25, 0.3) is 0 Å². The Morgan fingerprint density at radius 1 is 1.28 bits per heavy atom. The summed E-state index contributed by atoms with van der Waals surface area (Å²) >= 11 is 0. The number of ether oxygens (including phenoxy) is 1. The second-order valence-corrected chi connectivity index (χ2v) is 5.75. The Labute approximate surface area is 111 Å². The maximum Gasteiger partial charge on any atom is 0.191 e. The third-order valence-electron chi connectivity index (χ3n) is 4.19. The molecule has 2 N–H and O–H groups in total. The van der Waals surface area contributed by atoms with E-state index in [1.165, 1.54) is 38.5 Å². The topological polar surface area (TPSA) is 50.9 Å². The van der Waals surface area contributed by atoms with E-state index in [2.05, 4.69) is 16.8 Å². The molecule has 2 rings (SSSR count). The summed E-state index contributed by atoms with van der Waals surface area (Å²) in [5, 5.41) is 0. The van der Waals surface area contributed by atoms with Gasteiger partial charge in [-0.3, -0.25) is 4.99 Å². The van der Waals surface area contributed by atoms with E-state index in [9.17, 15) is 0 Å². The van der Waals surface area contributed by atoms with Crippen molar-refractivity contribution in [3.63, 3.8) is 0 Å². The number of aliphatic imine (C=N–C) groups is 1. The average molecular weight is 253 g/mol. The Morgan fingerprint density at radius 3 is 2.67 bits per heavy atom. The summed E-state index contributed by atoms with van der Waals surface area (Å²) in [4.78, 5) is 6.48. The van der Waals surface area contributed by atoms with Crippen molar-refractivity contribution in [3.8, 4) is 0 Å². The Balaban J connectivity index is 1.63. The Hall–Kier alpha value is -0.770. The fourth-order valence-electron chi connectivity index (χ4n) is 2.65. The molecule has 2 aliphatic rings. The quantitative estimate of drug-likeness (QED) is 0.463. The van der Waals surface area contributed by atoms with E-state index < -0.39 is 0 Å². The lowest BCUT2D eigenvalue weighted by atomic mass is 9.88. The van der Waals surface area contributed by atoms with Crippen molar-refractivity contribution in [2.75, 3.05) is 20.2 Å². The van der Waals surface area contributed by atoms with E-state index in [1.807, 2.05) is 7.05 Å². The molecule has 0 heterocycles. The van der Waals surface area contributed by atoms with Gasteiger partial charge in [-0.25, -0.2) is 0 Å². The van der Waals surface area contributed by atoms with Crippen LogP contribution in [0.1, 0.15) is 45.4 Å². The number of hydrogen-bond acceptors (Lipinski definition) is 2. The molecule has 2 fully saturated rings. The standard InChI is InChI=1S/C14H27N3O/c1-11-5-3-4-6-13(11)18-10-9-16-14(15)17(2)12-7-8-12/h11-13H,3-10H2,1-2H3,(H2,15,16)/t11-,13-/m1/s1. The molecule has 0 aromatic heterocycles. The number of nitrogens with zero attached hydrogens (tertiary/aromatic N) is 2. The smallest absolute Gasteiger partial charge is 0.191 e. The molecule has 2 aliphatic carbocycles. The molecule has 2 atom stereocenters. The van der Waals surface area contributed by atoms with E-state index in [1.54, 1.807) is 0 Å². The van der Waals surface area contributed by atoms with Gasteiger partial charge in [0.15, 0.2) is 5.96 Å². The van der Waals surface area contributed by atoms with Crippen LogP contribution in [0.15, 0.2) is 4.99 Å². The molecule has 0 bridgehead atoms. The minimum absolute atomic E-state index is 0.441. The van der Waals surface area contributed by atoms with Crippen molar-refractivity contribution < 1.29 is 4.74 Å². The van der Waals surface area contributed by atoms with Crippen molar-refractivity contribution in [3.05, 3.63) is 0 Å². The van der Waals surface area contributed by atoms with Crippen LogP contribution in [0.5, 0.6) is 0 Å². The van der Waals surface area contributed by atoms with Crippen LogP contribution in [0.3, 0.4) is 0 Å². The van der Waals surface area contributed by atoms with Gasteiger partial charge in [-0.15, -0.1) is 0 Å². The van der Waals surface area contributed by atoms with Crippen molar-refractivity contribution >= 4 is 5.96 Å². The van der Waals surface area contributed by atoms with E-state index in [0.29, 0.717) is 37.2 Å². The number of nitrogens with two attached hydrogens (primary N) is 1. The highest BCUT2D eigenvalue weighted by Crippen LogP contribution is 2.26. The number of guanidine groups is 1. The zero-order chi connectivity index (χ0) is 13.0. The second kappa shape index (κ2) is 6.41. The summed E-state index contributed by atoms with van der Waals surface area (Å²) in [6, 6.07) is 0.632. The summed E-state index contributed by atoms with van der Waals surface area (Å²) in [7, 11) is 2.03.